The maximum atomic E-state index is 6.34. The highest BCUT2D eigenvalue weighted by Crippen LogP contribution is 2.36. The second-order valence-corrected chi connectivity index (χ2v) is 5.83. The fraction of sp³-hybridized carbons (Fsp3) is 0.538. The number of nitrogens with two attached hydrogens (primary N) is 1. The van der Waals surface area contributed by atoms with E-state index in [4.69, 9.17) is 10.3 Å². The van der Waals surface area contributed by atoms with Crippen molar-refractivity contribution in [2.24, 2.45) is 5.73 Å². The second kappa shape index (κ2) is 4.48. The van der Waals surface area contributed by atoms with Crippen LogP contribution in [0, 0.1) is 0 Å². The van der Waals surface area contributed by atoms with Crippen LogP contribution in [0.2, 0.25) is 0 Å². The molecule has 0 atom stereocenters. The molecule has 5 heteroatoms. The van der Waals surface area contributed by atoms with Gasteiger partial charge in [-0.05, 0) is 36.3 Å². The molecule has 1 aliphatic carbocycles. The number of thiophene rings is 1. The Hall–Kier alpha value is -1.20. The van der Waals surface area contributed by atoms with Gasteiger partial charge in [-0.25, -0.2) is 0 Å². The molecule has 96 valence electrons. The first kappa shape index (κ1) is 11.9. The molecule has 18 heavy (non-hydrogen) atoms. The molecular weight excluding hydrogens is 246 g/mol. The Morgan fingerprint density at radius 1 is 1.44 bits per heavy atom. The molecule has 0 radical (unpaired) electrons. The third-order valence-corrected chi connectivity index (χ3v) is 4.63. The minimum Gasteiger partial charge on any atom is -0.333 e. The van der Waals surface area contributed by atoms with Crippen molar-refractivity contribution in [3.63, 3.8) is 0 Å². The minimum atomic E-state index is -0.370. The molecule has 2 N–H and O–H groups in total. The zero-order valence-corrected chi connectivity index (χ0v) is 11.3. The fourth-order valence-electron chi connectivity index (χ4n) is 2.55. The van der Waals surface area contributed by atoms with E-state index >= 15 is 0 Å². The molecule has 3 rings (SSSR count). The molecule has 1 saturated carbocycles. The SMILES string of the molecule is CCc1ccsc1-c1nc(C2(N)CCCC2)no1. The van der Waals surface area contributed by atoms with Crippen molar-refractivity contribution in [1.82, 2.24) is 10.1 Å². The predicted octanol–water partition coefficient (Wildman–Crippen LogP) is 3.09. The van der Waals surface area contributed by atoms with Gasteiger partial charge in [-0.1, -0.05) is 24.9 Å². The lowest BCUT2D eigenvalue weighted by Gasteiger charge is -2.17. The third-order valence-electron chi connectivity index (χ3n) is 3.69. The van der Waals surface area contributed by atoms with Gasteiger partial charge in [0, 0.05) is 0 Å². The molecule has 2 aromatic heterocycles. The third kappa shape index (κ3) is 1.87. The van der Waals surface area contributed by atoms with Crippen molar-refractivity contribution in [1.29, 1.82) is 0 Å². The molecule has 0 aliphatic heterocycles. The molecular formula is C13H17N3OS. The Balaban J connectivity index is 1.94. The zero-order valence-electron chi connectivity index (χ0n) is 10.5. The summed E-state index contributed by atoms with van der Waals surface area (Å²) in [5.41, 5.74) is 7.22. The molecule has 4 nitrogen and oxygen atoms in total. The molecule has 2 heterocycles. The molecule has 0 amide bonds. The molecule has 2 aromatic rings. The van der Waals surface area contributed by atoms with Gasteiger partial charge in [-0.2, -0.15) is 4.98 Å². The number of hydrogen-bond acceptors (Lipinski definition) is 5. The van der Waals surface area contributed by atoms with Crippen molar-refractivity contribution >= 4 is 11.3 Å². The van der Waals surface area contributed by atoms with Crippen molar-refractivity contribution in [2.75, 3.05) is 0 Å². The van der Waals surface area contributed by atoms with Crippen LogP contribution in [0.15, 0.2) is 16.0 Å². The summed E-state index contributed by atoms with van der Waals surface area (Å²) in [6.45, 7) is 2.13. The van der Waals surface area contributed by atoms with Crippen LogP contribution in [0.4, 0.5) is 0 Å². The van der Waals surface area contributed by atoms with Gasteiger partial charge in [0.05, 0.1) is 10.4 Å². The Morgan fingerprint density at radius 2 is 2.22 bits per heavy atom. The monoisotopic (exact) mass is 263 g/mol. The van der Waals surface area contributed by atoms with Gasteiger partial charge < -0.3 is 10.3 Å². The highest BCUT2D eigenvalue weighted by atomic mass is 32.1. The summed E-state index contributed by atoms with van der Waals surface area (Å²) in [6, 6.07) is 2.11. The van der Waals surface area contributed by atoms with Crippen LogP contribution >= 0.6 is 11.3 Å². The van der Waals surface area contributed by atoms with Crippen molar-refractivity contribution in [3.05, 3.63) is 22.8 Å². The molecule has 0 unspecified atom stereocenters. The standard InChI is InChI=1S/C13H17N3OS/c1-2-9-5-8-18-10(9)11-15-12(16-17-11)13(14)6-3-4-7-13/h5,8H,2-4,6-7,14H2,1H3. The summed E-state index contributed by atoms with van der Waals surface area (Å²) in [7, 11) is 0. The van der Waals surface area contributed by atoms with E-state index in [9.17, 15) is 0 Å². The van der Waals surface area contributed by atoms with Gasteiger partial charge in [0.1, 0.15) is 0 Å². The van der Waals surface area contributed by atoms with Crippen LogP contribution in [-0.2, 0) is 12.0 Å². The van der Waals surface area contributed by atoms with Gasteiger partial charge in [-0.3, -0.25) is 0 Å². The first-order valence-corrected chi connectivity index (χ1v) is 7.31. The van der Waals surface area contributed by atoms with Crippen LogP contribution < -0.4 is 5.73 Å². The van der Waals surface area contributed by atoms with Crippen LogP contribution in [0.25, 0.3) is 10.8 Å². The Labute approximate surface area is 110 Å². The van der Waals surface area contributed by atoms with Gasteiger partial charge in [0.25, 0.3) is 5.89 Å². The lowest BCUT2D eigenvalue weighted by Crippen LogP contribution is -2.34. The lowest BCUT2D eigenvalue weighted by molar-refractivity contribution is 0.373. The summed E-state index contributed by atoms with van der Waals surface area (Å²) >= 11 is 1.64. The second-order valence-electron chi connectivity index (χ2n) is 4.91. The predicted molar refractivity (Wildman–Crippen MR) is 71.3 cm³/mol. The van der Waals surface area contributed by atoms with Crippen molar-refractivity contribution in [3.8, 4) is 10.8 Å². The average Bonchev–Trinajstić information content (AvgIpc) is 3.08. The number of nitrogens with zero attached hydrogens (tertiary/aromatic N) is 2. The maximum Gasteiger partial charge on any atom is 0.268 e. The number of aryl methyl sites for hydroxylation is 1. The van der Waals surface area contributed by atoms with E-state index in [-0.39, 0.29) is 5.54 Å². The van der Waals surface area contributed by atoms with Crippen LogP contribution in [-0.4, -0.2) is 10.1 Å². The van der Waals surface area contributed by atoms with Crippen molar-refractivity contribution in [2.45, 2.75) is 44.6 Å². The van der Waals surface area contributed by atoms with E-state index in [0.29, 0.717) is 11.7 Å². The summed E-state index contributed by atoms with van der Waals surface area (Å²) in [4.78, 5) is 5.60. The highest BCUT2D eigenvalue weighted by molar-refractivity contribution is 7.13. The lowest BCUT2D eigenvalue weighted by atomic mass is 9.99. The normalized spacial score (nSPS) is 18.3. The van der Waals surface area contributed by atoms with E-state index < -0.39 is 0 Å². The van der Waals surface area contributed by atoms with Crippen LogP contribution in [0.1, 0.15) is 44.0 Å². The van der Waals surface area contributed by atoms with Gasteiger partial charge in [-0.15, -0.1) is 11.3 Å². The Bertz CT molecular complexity index is 540. The molecule has 0 spiro atoms. The summed E-state index contributed by atoms with van der Waals surface area (Å²) in [5, 5.41) is 6.16. The summed E-state index contributed by atoms with van der Waals surface area (Å²) in [6.07, 6.45) is 5.19. The van der Waals surface area contributed by atoms with E-state index in [2.05, 4.69) is 28.5 Å². The smallest absolute Gasteiger partial charge is 0.268 e. The largest absolute Gasteiger partial charge is 0.333 e. The molecule has 0 bridgehead atoms. The highest BCUT2D eigenvalue weighted by Gasteiger charge is 2.36. The summed E-state index contributed by atoms with van der Waals surface area (Å²) < 4.78 is 5.40. The molecule has 1 fully saturated rings. The molecule has 0 saturated heterocycles. The van der Waals surface area contributed by atoms with E-state index in [0.717, 1.165) is 37.0 Å². The number of hydrogen-bond donors (Lipinski definition) is 1. The average molecular weight is 263 g/mol. The molecule has 1 aliphatic rings. The van der Waals surface area contributed by atoms with Gasteiger partial charge >= 0.3 is 0 Å². The van der Waals surface area contributed by atoms with Gasteiger partial charge in [0.2, 0.25) is 0 Å². The van der Waals surface area contributed by atoms with E-state index in [1.807, 2.05) is 0 Å². The number of aromatic nitrogens is 2. The quantitative estimate of drug-likeness (QED) is 0.924. The van der Waals surface area contributed by atoms with E-state index in [1.165, 1.54) is 5.56 Å². The first-order chi connectivity index (χ1) is 8.73. The Kier molecular flexibility index (Phi) is 2.95. The zero-order chi connectivity index (χ0) is 12.6. The van der Waals surface area contributed by atoms with Crippen LogP contribution in [0.3, 0.4) is 0 Å². The fourth-order valence-corrected chi connectivity index (χ4v) is 3.47. The van der Waals surface area contributed by atoms with Gasteiger partial charge in [0.15, 0.2) is 5.82 Å². The topological polar surface area (TPSA) is 64.9 Å². The summed E-state index contributed by atoms with van der Waals surface area (Å²) in [5.74, 6) is 1.29. The minimum absolute atomic E-state index is 0.370. The first-order valence-electron chi connectivity index (χ1n) is 6.43. The van der Waals surface area contributed by atoms with Crippen molar-refractivity contribution < 1.29 is 4.52 Å². The Morgan fingerprint density at radius 3 is 2.94 bits per heavy atom. The van der Waals surface area contributed by atoms with Crippen LogP contribution in [0.5, 0.6) is 0 Å². The molecule has 0 aromatic carbocycles. The van der Waals surface area contributed by atoms with E-state index in [1.54, 1.807) is 11.3 Å². The maximum absolute atomic E-state index is 6.34. The number of rotatable bonds is 3.